The second kappa shape index (κ2) is 9.99. The number of benzene rings is 1. The summed E-state index contributed by atoms with van der Waals surface area (Å²) in [6.07, 6.45) is 4.29. The Kier molecular flexibility index (Phi) is 8.70. The largest absolute Gasteiger partial charge is 0.354 e. The Morgan fingerprint density at radius 1 is 1.05 bits per heavy atom. The van der Waals surface area contributed by atoms with Gasteiger partial charge < -0.3 is 9.05 Å². The number of unbranched alkanes of at least 4 members (excludes halogenated alkanes) is 2. The topological polar surface area (TPSA) is 35.5 Å². The van der Waals surface area contributed by atoms with Crippen molar-refractivity contribution < 1.29 is 13.6 Å². The first kappa shape index (κ1) is 19.2. The van der Waals surface area contributed by atoms with Crippen molar-refractivity contribution >= 4 is 13.2 Å². The summed E-state index contributed by atoms with van der Waals surface area (Å²) in [5, 5.41) is 0. The first-order chi connectivity index (χ1) is 10.5. The Morgan fingerprint density at radius 3 is 2.14 bits per heavy atom. The summed E-state index contributed by atoms with van der Waals surface area (Å²) in [4.78, 5) is 0. The summed E-state index contributed by atoms with van der Waals surface area (Å²) < 4.78 is 23.6. The van der Waals surface area contributed by atoms with Gasteiger partial charge in [0.2, 0.25) is 0 Å². The van der Waals surface area contributed by atoms with Crippen molar-refractivity contribution in [1.29, 1.82) is 0 Å². The molecule has 1 aromatic rings. The number of allylic oxidation sites excluding steroid dienone is 1. The molecule has 0 aliphatic rings. The van der Waals surface area contributed by atoms with Crippen LogP contribution in [0.1, 0.15) is 57.6 Å². The molecule has 0 fully saturated rings. The van der Waals surface area contributed by atoms with E-state index >= 15 is 0 Å². The van der Waals surface area contributed by atoms with Gasteiger partial charge in [0.25, 0.3) is 0 Å². The molecule has 0 spiro atoms. The lowest BCUT2D eigenvalue weighted by molar-refractivity contribution is 0.229. The molecule has 0 aromatic heterocycles. The van der Waals surface area contributed by atoms with Crippen molar-refractivity contribution in [3.05, 3.63) is 41.2 Å². The minimum absolute atomic E-state index is 0.379. The minimum Gasteiger partial charge on any atom is -0.306 e. The van der Waals surface area contributed by atoms with Crippen LogP contribution in [0.5, 0.6) is 0 Å². The van der Waals surface area contributed by atoms with Crippen LogP contribution in [-0.2, 0) is 13.6 Å². The molecule has 0 aliphatic heterocycles. The van der Waals surface area contributed by atoms with Crippen molar-refractivity contribution in [1.82, 2.24) is 0 Å². The number of hydrogen-bond donors (Lipinski definition) is 0. The predicted molar refractivity (Wildman–Crippen MR) is 94.2 cm³/mol. The molecule has 0 N–H and O–H groups in total. The highest BCUT2D eigenvalue weighted by molar-refractivity contribution is 7.57. The van der Waals surface area contributed by atoms with Gasteiger partial charge in [0, 0.05) is 5.82 Å². The first-order valence-corrected chi connectivity index (χ1v) is 9.83. The van der Waals surface area contributed by atoms with E-state index in [0.717, 1.165) is 36.8 Å². The summed E-state index contributed by atoms with van der Waals surface area (Å²) in [6.45, 7) is 8.67. The van der Waals surface area contributed by atoms with Gasteiger partial charge in [-0.3, -0.25) is 4.57 Å². The van der Waals surface area contributed by atoms with Crippen molar-refractivity contribution in [2.24, 2.45) is 0 Å². The van der Waals surface area contributed by atoms with Crippen LogP contribution >= 0.6 is 7.60 Å². The second-order valence-electron chi connectivity index (χ2n) is 5.35. The van der Waals surface area contributed by atoms with Crippen LogP contribution in [0.15, 0.2) is 30.1 Å². The van der Waals surface area contributed by atoms with Gasteiger partial charge in [-0.05, 0) is 44.7 Å². The summed E-state index contributed by atoms with van der Waals surface area (Å²) in [5.74, 6) is 1.72. The lowest BCUT2D eigenvalue weighted by Gasteiger charge is -2.16. The quantitative estimate of drug-likeness (QED) is 0.380. The molecule has 1 rings (SSSR count). The fourth-order valence-corrected chi connectivity index (χ4v) is 3.88. The zero-order valence-corrected chi connectivity index (χ0v) is 15.2. The van der Waals surface area contributed by atoms with Crippen LogP contribution in [0.2, 0.25) is 0 Å². The minimum atomic E-state index is -3.16. The highest BCUT2D eigenvalue weighted by atomic mass is 31.2. The molecule has 3 nitrogen and oxygen atoms in total. The van der Waals surface area contributed by atoms with Crippen molar-refractivity contribution in [3.8, 4) is 0 Å². The third kappa shape index (κ3) is 6.48. The Bertz CT molecular complexity index is 496. The van der Waals surface area contributed by atoms with E-state index in [4.69, 9.17) is 9.05 Å². The van der Waals surface area contributed by atoms with Crippen LogP contribution < -0.4 is 0 Å². The highest BCUT2D eigenvalue weighted by Gasteiger charge is 2.21. The van der Waals surface area contributed by atoms with Gasteiger partial charge in [-0.2, -0.15) is 0 Å². The highest BCUT2D eigenvalue weighted by Crippen LogP contribution is 2.52. The molecular weight excluding hydrogens is 295 g/mol. The molecule has 0 unspecified atom stereocenters. The third-order valence-corrected chi connectivity index (χ3v) is 5.27. The maximum atomic E-state index is 12.8. The molecule has 0 saturated heterocycles. The average molecular weight is 324 g/mol. The fraction of sp³-hybridized carbons (Fsp3) is 0.556. The molecule has 22 heavy (non-hydrogen) atoms. The molecule has 124 valence electrons. The third-order valence-electron chi connectivity index (χ3n) is 3.40. The van der Waals surface area contributed by atoms with Crippen molar-refractivity contribution in [2.75, 3.05) is 13.2 Å². The van der Waals surface area contributed by atoms with Gasteiger partial charge in [0.05, 0.1) is 13.2 Å². The lowest BCUT2D eigenvalue weighted by Crippen LogP contribution is -1.95. The molecule has 0 amide bonds. The molecule has 0 atom stereocenters. The van der Waals surface area contributed by atoms with Gasteiger partial charge in [-0.15, -0.1) is 0 Å². The lowest BCUT2D eigenvalue weighted by atomic mass is 10.0. The smallest absolute Gasteiger partial charge is 0.306 e. The van der Waals surface area contributed by atoms with E-state index in [2.05, 4.69) is 38.1 Å². The maximum absolute atomic E-state index is 12.8. The van der Waals surface area contributed by atoms with E-state index in [1.165, 1.54) is 5.56 Å². The fourth-order valence-electron chi connectivity index (χ4n) is 2.28. The zero-order chi connectivity index (χ0) is 16.4. The normalized spacial score (nSPS) is 12.6. The molecule has 1 aromatic carbocycles. The molecule has 0 radical (unpaired) electrons. The Morgan fingerprint density at radius 2 is 1.64 bits per heavy atom. The van der Waals surface area contributed by atoms with Gasteiger partial charge in [-0.25, -0.2) is 0 Å². The molecular formula is C18H29O3P. The summed E-state index contributed by atoms with van der Waals surface area (Å²) in [7, 11) is -3.16. The standard InChI is InChI=1S/C18H29O3P/c1-5-8-9-10-18(17-13-11-16(4)12-14-17)15-22(19,20-6-2)21-7-3/h11-15H,5-10H2,1-4H3/b18-15+. The van der Waals surface area contributed by atoms with Crippen LogP contribution in [0, 0.1) is 6.92 Å². The number of aryl methyl sites for hydroxylation is 1. The van der Waals surface area contributed by atoms with E-state index in [-0.39, 0.29) is 0 Å². The zero-order valence-electron chi connectivity index (χ0n) is 14.3. The monoisotopic (exact) mass is 324 g/mol. The van der Waals surface area contributed by atoms with Crippen molar-refractivity contribution in [2.45, 2.75) is 53.4 Å². The average Bonchev–Trinajstić information content (AvgIpc) is 2.48. The van der Waals surface area contributed by atoms with Crippen LogP contribution in [0.25, 0.3) is 5.57 Å². The molecule has 0 saturated carbocycles. The van der Waals surface area contributed by atoms with Gasteiger partial charge in [0.15, 0.2) is 0 Å². The van der Waals surface area contributed by atoms with Crippen LogP contribution in [0.4, 0.5) is 0 Å². The molecule has 0 bridgehead atoms. The molecule has 0 heterocycles. The van der Waals surface area contributed by atoms with E-state index < -0.39 is 7.60 Å². The second-order valence-corrected chi connectivity index (χ2v) is 7.21. The van der Waals surface area contributed by atoms with Crippen LogP contribution in [-0.4, -0.2) is 13.2 Å². The van der Waals surface area contributed by atoms with E-state index in [0.29, 0.717) is 13.2 Å². The van der Waals surface area contributed by atoms with Gasteiger partial charge >= 0.3 is 7.60 Å². The summed E-state index contributed by atoms with van der Waals surface area (Å²) in [6, 6.07) is 8.31. The van der Waals surface area contributed by atoms with Gasteiger partial charge in [-0.1, -0.05) is 49.6 Å². The number of hydrogen-bond acceptors (Lipinski definition) is 3. The van der Waals surface area contributed by atoms with Crippen molar-refractivity contribution in [3.63, 3.8) is 0 Å². The van der Waals surface area contributed by atoms with E-state index in [1.54, 1.807) is 5.82 Å². The van der Waals surface area contributed by atoms with Gasteiger partial charge in [0.1, 0.15) is 0 Å². The number of rotatable bonds is 10. The summed E-state index contributed by atoms with van der Waals surface area (Å²) in [5.41, 5.74) is 3.37. The molecule has 4 heteroatoms. The molecule has 0 aliphatic carbocycles. The van der Waals surface area contributed by atoms with E-state index in [9.17, 15) is 4.57 Å². The first-order valence-electron chi connectivity index (χ1n) is 8.22. The van der Waals surface area contributed by atoms with E-state index in [1.807, 2.05) is 13.8 Å². The Hall–Kier alpha value is -0.890. The van der Waals surface area contributed by atoms with Crippen LogP contribution in [0.3, 0.4) is 0 Å². The predicted octanol–water partition coefficient (Wildman–Crippen LogP) is 6.18. The Balaban J connectivity index is 3.08. The SMILES string of the molecule is CCCCC/C(=C\P(=O)(OCC)OCC)c1ccc(C)cc1. The Labute approximate surface area is 135 Å². The summed E-state index contributed by atoms with van der Waals surface area (Å²) >= 11 is 0. The maximum Gasteiger partial charge on any atom is 0.354 e.